The van der Waals surface area contributed by atoms with Crippen molar-refractivity contribution >= 4 is 17.5 Å². The standard InChI is InChI=1S/C20H21N7O2S/c1-13-10-16(14(2)27(13)18-21-12-22-23-18)17(28)11-30-20-25-24-19(29)26(20)9-8-15-6-4-3-5-7-15/h3-7,10,12H,8-9,11H2,1-2H3,(H,24,29)(H,21,22,23). The molecule has 3 aromatic heterocycles. The number of rotatable bonds is 8. The van der Waals surface area contributed by atoms with Gasteiger partial charge in [0, 0.05) is 23.5 Å². The largest absolute Gasteiger partial charge is 0.343 e. The van der Waals surface area contributed by atoms with E-state index in [1.165, 1.54) is 18.1 Å². The van der Waals surface area contributed by atoms with Gasteiger partial charge in [0.1, 0.15) is 6.33 Å². The average molecular weight is 424 g/mol. The van der Waals surface area contributed by atoms with E-state index in [4.69, 9.17) is 0 Å². The molecule has 3 heterocycles. The lowest BCUT2D eigenvalue weighted by Gasteiger charge is -2.06. The van der Waals surface area contributed by atoms with E-state index in [0.717, 1.165) is 17.0 Å². The van der Waals surface area contributed by atoms with Crippen LogP contribution in [0, 0.1) is 13.8 Å². The number of ketones is 1. The third kappa shape index (κ3) is 3.99. The number of H-pyrrole nitrogens is 2. The maximum atomic E-state index is 12.9. The van der Waals surface area contributed by atoms with Gasteiger partial charge in [0.05, 0.1) is 5.75 Å². The number of benzene rings is 1. The summed E-state index contributed by atoms with van der Waals surface area (Å²) in [6.07, 6.45) is 2.14. The van der Waals surface area contributed by atoms with Crippen LogP contribution < -0.4 is 5.69 Å². The Morgan fingerprint density at radius 1 is 1.17 bits per heavy atom. The van der Waals surface area contributed by atoms with Crippen molar-refractivity contribution in [3.63, 3.8) is 0 Å². The predicted octanol–water partition coefficient (Wildman–Crippen LogP) is 2.31. The van der Waals surface area contributed by atoms with Crippen LogP contribution in [0.3, 0.4) is 0 Å². The van der Waals surface area contributed by atoms with Crippen molar-refractivity contribution in [2.24, 2.45) is 0 Å². The minimum absolute atomic E-state index is 0.0380. The van der Waals surface area contributed by atoms with Crippen molar-refractivity contribution in [3.8, 4) is 5.95 Å². The summed E-state index contributed by atoms with van der Waals surface area (Å²) in [6.45, 7) is 4.28. The number of hydrogen-bond acceptors (Lipinski definition) is 6. The van der Waals surface area contributed by atoms with Gasteiger partial charge in [-0.05, 0) is 31.9 Å². The van der Waals surface area contributed by atoms with Crippen molar-refractivity contribution in [2.45, 2.75) is 32.0 Å². The normalized spacial score (nSPS) is 11.1. The summed E-state index contributed by atoms with van der Waals surface area (Å²) in [5, 5.41) is 13.8. The summed E-state index contributed by atoms with van der Waals surface area (Å²) in [5.74, 6) is 0.707. The number of carbonyl (C=O) groups is 1. The highest BCUT2D eigenvalue weighted by Crippen LogP contribution is 2.22. The molecule has 0 aliphatic carbocycles. The number of hydrogen-bond donors (Lipinski definition) is 2. The first-order valence-corrected chi connectivity index (χ1v) is 10.4. The van der Waals surface area contributed by atoms with Crippen molar-refractivity contribution in [1.29, 1.82) is 0 Å². The third-order valence-electron chi connectivity index (χ3n) is 4.87. The Labute approximate surface area is 176 Å². The van der Waals surface area contributed by atoms with Crippen LogP contribution in [0.15, 0.2) is 52.7 Å². The third-order valence-corrected chi connectivity index (χ3v) is 5.84. The number of carbonyl (C=O) groups excluding carboxylic acids is 1. The van der Waals surface area contributed by atoms with E-state index < -0.39 is 0 Å². The summed E-state index contributed by atoms with van der Waals surface area (Å²) in [5.41, 5.74) is 3.16. The number of Topliss-reactive ketones (excluding diaryl/α,β-unsaturated/α-hetero) is 1. The predicted molar refractivity (Wildman–Crippen MR) is 113 cm³/mol. The molecule has 0 aliphatic rings. The van der Waals surface area contributed by atoms with Crippen LogP contribution in [0.25, 0.3) is 5.95 Å². The van der Waals surface area contributed by atoms with Crippen molar-refractivity contribution in [3.05, 3.63) is 75.7 Å². The van der Waals surface area contributed by atoms with E-state index in [2.05, 4.69) is 25.4 Å². The molecule has 0 atom stereocenters. The molecule has 0 saturated heterocycles. The monoisotopic (exact) mass is 423 g/mol. The second-order valence-electron chi connectivity index (χ2n) is 6.84. The first kappa shape index (κ1) is 19.9. The van der Waals surface area contributed by atoms with Crippen LogP contribution in [0.2, 0.25) is 0 Å². The number of nitrogens with one attached hydrogen (secondary N) is 2. The number of nitrogens with zero attached hydrogens (tertiary/aromatic N) is 5. The molecule has 0 saturated carbocycles. The zero-order chi connectivity index (χ0) is 21.1. The Hall–Kier alpha value is -3.40. The van der Waals surface area contributed by atoms with Crippen LogP contribution >= 0.6 is 11.8 Å². The van der Waals surface area contributed by atoms with Crippen LogP contribution in [0.1, 0.15) is 27.3 Å². The smallest absolute Gasteiger partial charge is 0.293 e. The van der Waals surface area contributed by atoms with Gasteiger partial charge in [-0.1, -0.05) is 42.1 Å². The fourth-order valence-corrected chi connectivity index (χ4v) is 4.24. The molecular weight excluding hydrogens is 402 g/mol. The minimum atomic E-state index is -0.274. The van der Waals surface area contributed by atoms with Gasteiger partial charge in [0.2, 0.25) is 5.95 Å². The maximum Gasteiger partial charge on any atom is 0.343 e. The Balaban J connectivity index is 1.46. The van der Waals surface area contributed by atoms with Gasteiger partial charge in [-0.15, -0.1) is 5.10 Å². The Morgan fingerprint density at radius 2 is 1.97 bits per heavy atom. The fourth-order valence-electron chi connectivity index (χ4n) is 3.38. The molecular formula is C20H21N7O2S. The van der Waals surface area contributed by atoms with E-state index in [9.17, 15) is 9.59 Å². The minimum Gasteiger partial charge on any atom is -0.293 e. The van der Waals surface area contributed by atoms with E-state index in [1.807, 2.05) is 54.8 Å². The lowest BCUT2D eigenvalue weighted by atomic mass is 10.1. The summed E-state index contributed by atoms with van der Waals surface area (Å²) >= 11 is 1.25. The van der Waals surface area contributed by atoms with E-state index >= 15 is 0 Å². The molecule has 0 fully saturated rings. The molecule has 0 amide bonds. The second kappa shape index (κ2) is 8.54. The molecule has 0 aliphatic heterocycles. The van der Waals surface area contributed by atoms with Gasteiger partial charge in [-0.2, -0.15) is 10.1 Å². The maximum absolute atomic E-state index is 12.9. The first-order chi connectivity index (χ1) is 14.5. The Bertz CT molecular complexity index is 1210. The molecule has 10 heteroatoms. The molecule has 154 valence electrons. The lowest BCUT2D eigenvalue weighted by molar-refractivity contribution is 0.102. The van der Waals surface area contributed by atoms with Crippen molar-refractivity contribution in [2.75, 3.05) is 5.75 Å². The summed E-state index contributed by atoms with van der Waals surface area (Å²) < 4.78 is 3.43. The SMILES string of the molecule is Cc1cc(C(=O)CSc2n[nH]c(=O)n2CCc2ccccc2)c(C)n1-c1ncn[nH]1. The summed E-state index contributed by atoms with van der Waals surface area (Å²) in [6, 6.07) is 11.8. The summed E-state index contributed by atoms with van der Waals surface area (Å²) in [4.78, 5) is 29.2. The molecule has 30 heavy (non-hydrogen) atoms. The second-order valence-corrected chi connectivity index (χ2v) is 7.78. The van der Waals surface area contributed by atoms with Gasteiger partial charge in [-0.25, -0.2) is 15.0 Å². The van der Waals surface area contributed by atoms with Crippen LogP contribution in [-0.4, -0.2) is 46.0 Å². The molecule has 1 aromatic carbocycles. The van der Waals surface area contributed by atoms with Crippen molar-refractivity contribution in [1.82, 2.24) is 34.5 Å². The van der Waals surface area contributed by atoms with Crippen LogP contribution in [0.4, 0.5) is 0 Å². The van der Waals surface area contributed by atoms with Gasteiger partial charge < -0.3 is 0 Å². The highest BCUT2D eigenvalue weighted by Gasteiger charge is 2.19. The van der Waals surface area contributed by atoms with Crippen molar-refractivity contribution < 1.29 is 4.79 Å². The molecule has 2 N–H and O–H groups in total. The molecule has 0 unspecified atom stereocenters. The van der Waals surface area contributed by atoms with Gasteiger partial charge in [-0.3, -0.25) is 13.9 Å². The van der Waals surface area contributed by atoms with E-state index in [1.54, 1.807) is 4.57 Å². The fraction of sp³-hybridized carbons (Fsp3) is 0.250. The molecule has 0 bridgehead atoms. The van der Waals surface area contributed by atoms with Gasteiger partial charge in [0.25, 0.3) is 0 Å². The van der Waals surface area contributed by atoms with Gasteiger partial charge >= 0.3 is 5.69 Å². The first-order valence-electron chi connectivity index (χ1n) is 9.44. The van der Waals surface area contributed by atoms with E-state index in [0.29, 0.717) is 29.6 Å². The number of thioether (sulfide) groups is 1. The highest BCUT2D eigenvalue weighted by molar-refractivity contribution is 7.99. The van der Waals surface area contributed by atoms with Crippen LogP contribution in [0.5, 0.6) is 0 Å². The molecule has 0 spiro atoms. The Kier molecular flexibility index (Phi) is 5.66. The topological polar surface area (TPSA) is 114 Å². The zero-order valence-electron chi connectivity index (χ0n) is 16.6. The number of aromatic amines is 2. The molecule has 4 aromatic rings. The van der Waals surface area contributed by atoms with Gasteiger partial charge in [0.15, 0.2) is 10.9 Å². The Morgan fingerprint density at radius 3 is 2.70 bits per heavy atom. The van der Waals surface area contributed by atoms with E-state index in [-0.39, 0.29) is 17.2 Å². The summed E-state index contributed by atoms with van der Waals surface area (Å²) in [7, 11) is 0. The number of aryl methyl sites for hydroxylation is 2. The molecule has 4 rings (SSSR count). The molecule has 9 nitrogen and oxygen atoms in total. The highest BCUT2D eigenvalue weighted by atomic mass is 32.2. The molecule has 0 radical (unpaired) electrons. The average Bonchev–Trinajstić information content (AvgIpc) is 3.45. The number of aromatic nitrogens is 7. The zero-order valence-corrected chi connectivity index (χ0v) is 17.4. The quantitative estimate of drug-likeness (QED) is 0.332. The lowest BCUT2D eigenvalue weighted by Crippen LogP contribution is -2.19. The van der Waals surface area contributed by atoms with Crippen LogP contribution in [-0.2, 0) is 13.0 Å².